The van der Waals surface area contributed by atoms with Crippen LogP contribution in [0.1, 0.15) is 58.8 Å². The van der Waals surface area contributed by atoms with Gasteiger partial charge in [-0.15, -0.1) is 0 Å². The van der Waals surface area contributed by atoms with Crippen LogP contribution >= 0.6 is 8.03 Å². The van der Waals surface area contributed by atoms with Crippen LogP contribution in [0.3, 0.4) is 0 Å². The van der Waals surface area contributed by atoms with Gasteiger partial charge in [0.15, 0.2) is 8.03 Å². The normalized spacial score (nSPS) is 24.8. The third-order valence-electron chi connectivity index (χ3n) is 3.92. The molecule has 1 rings (SSSR count). The Morgan fingerprint density at radius 1 is 1.43 bits per heavy atom. The number of unbranched alkanes of at least 4 members (excludes halogenated alkanes) is 1. The third kappa shape index (κ3) is 2.61. The molecule has 1 N–H and O–H groups in total. The van der Waals surface area contributed by atoms with Crippen molar-refractivity contribution in [1.29, 1.82) is 0 Å². The van der Waals surface area contributed by atoms with Crippen molar-refractivity contribution in [3.63, 3.8) is 0 Å². The van der Waals surface area contributed by atoms with Gasteiger partial charge in [-0.1, -0.05) is 39.5 Å². The molecule has 1 fully saturated rings. The molecule has 1 saturated carbocycles. The summed E-state index contributed by atoms with van der Waals surface area (Å²) < 4.78 is 11.2. The van der Waals surface area contributed by atoms with Crippen molar-refractivity contribution in [3.8, 4) is 0 Å². The van der Waals surface area contributed by atoms with Crippen molar-refractivity contribution in [1.82, 2.24) is 0 Å². The van der Waals surface area contributed by atoms with Crippen molar-refractivity contribution in [2.75, 3.05) is 0 Å². The van der Waals surface area contributed by atoms with Crippen LogP contribution in [0.15, 0.2) is 0 Å². The van der Waals surface area contributed by atoms with Crippen LogP contribution < -0.4 is 0 Å². The molecule has 1 aliphatic carbocycles. The molecule has 0 amide bonds. The summed E-state index contributed by atoms with van der Waals surface area (Å²) in [6.07, 6.45) is 8.41. The summed E-state index contributed by atoms with van der Waals surface area (Å²) in [7, 11) is -2.33. The van der Waals surface area contributed by atoms with E-state index in [1.54, 1.807) is 0 Å². The molecule has 0 radical (unpaired) electrons. The van der Waals surface area contributed by atoms with Gasteiger partial charge in [-0.05, 0) is 24.7 Å². The van der Waals surface area contributed by atoms with Crippen molar-refractivity contribution in [2.24, 2.45) is 5.41 Å². The Kier molecular flexibility index (Phi) is 4.66. The van der Waals surface area contributed by atoms with Crippen LogP contribution in [-0.2, 0) is 4.57 Å². The van der Waals surface area contributed by atoms with E-state index in [-0.39, 0.29) is 11.1 Å². The minimum absolute atomic E-state index is 0.0292. The zero-order valence-electron chi connectivity index (χ0n) is 9.38. The topological polar surface area (TPSA) is 37.3 Å². The maximum absolute atomic E-state index is 11.2. The molecule has 0 bridgehead atoms. The van der Waals surface area contributed by atoms with E-state index in [9.17, 15) is 9.46 Å². The van der Waals surface area contributed by atoms with E-state index in [4.69, 9.17) is 0 Å². The number of hydrogen-bond donors (Lipinski definition) is 1. The molecule has 0 aromatic rings. The molecule has 0 aromatic carbocycles. The van der Waals surface area contributed by atoms with Gasteiger partial charge >= 0.3 is 0 Å². The summed E-state index contributed by atoms with van der Waals surface area (Å²) in [5.74, 6) is 0. The Bertz CT molecular complexity index is 197. The predicted molar refractivity (Wildman–Crippen MR) is 61.1 cm³/mol. The summed E-state index contributed by atoms with van der Waals surface area (Å²) in [6, 6.07) is 0. The molecule has 1 aliphatic rings. The van der Waals surface area contributed by atoms with Gasteiger partial charge in [-0.2, -0.15) is 0 Å². The van der Waals surface area contributed by atoms with E-state index >= 15 is 0 Å². The van der Waals surface area contributed by atoms with Crippen molar-refractivity contribution in [3.05, 3.63) is 0 Å². The Morgan fingerprint density at radius 3 is 2.43 bits per heavy atom. The molecule has 14 heavy (non-hydrogen) atoms. The lowest BCUT2D eigenvalue weighted by Gasteiger charge is -2.34. The van der Waals surface area contributed by atoms with Crippen LogP contribution in [0.4, 0.5) is 0 Å². The molecular weight excluding hydrogens is 195 g/mol. The average Bonchev–Trinajstić information content (AvgIpc) is 2.63. The molecule has 0 heterocycles. The summed E-state index contributed by atoms with van der Waals surface area (Å²) in [6.45, 7) is 4.16. The number of hydrogen-bond acceptors (Lipinski definition) is 1. The third-order valence-corrected chi connectivity index (χ3v) is 5.27. The standard InChI is InChI=1S/C11H23O2P/c1-3-4-7-11(8-5-6-9-11)10(2)14(12)13/h10,14H,3-9H2,1-2H3,(H,12,13). The summed E-state index contributed by atoms with van der Waals surface area (Å²) in [4.78, 5) is 9.29. The van der Waals surface area contributed by atoms with Gasteiger partial charge in [0.25, 0.3) is 0 Å². The maximum atomic E-state index is 11.2. The highest BCUT2D eigenvalue weighted by Crippen LogP contribution is 2.51. The summed E-state index contributed by atoms with van der Waals surface area (Å²) in [5.41, 5.74) is 0.238. The van der Waals surface area contributed by atoms with Crippen LogP contribution in [0.5, 0.6) is 0 Å². The Balaban J connectivity index is 2.65. The van der Waals surface area contributed by atoms with E-state index in [1.807, 2.05) is 6.92 Å². The Labute approximate surface area is 88.0 Å². The monoisotopic (exact) mass is 218 g/mol. The molecule has 2 unspecified atom stereocenters. The van der Waals surface area contributed by atoms with Crippen LogP contribution in [0, 0.1) is 5.41 Å². The fraction of sp³-hybridized carbons (Fsp3) is 1.00. The second-order valence-electron chi connectivity index (χ2n) is 4.73. The van der Waals surface area contributed by atoms with Crippen LogP contribution in [0.25, 0.3) is 0 Å². The molecule has 0 aliphatic heterocycles. The van der Waals surface area contributed by atoms with Gasteiger partial charge in [0.1, 0.15) is 0 Å². The second kappa shape index (κ2) is 5.32. The molecule has 2 atom stereocenters. The SMILES string of the molecule is CCCCC1(C(C)[PH](=O)O)CCCC1. The first-order valence-corrected chi connectivity index (χ1v) is 7.28. The van der Waals surface area contributed by atoms with Gasteiger partial charge in [-0.25, -0.2) is 0 Å². The van der Waals surface area contributed by atoms with Gasteiger partial charge in [0.05, 0.1) is 0 Å². The largest absolute Gasteiger partial charge is 0.346 e. The lowest BCUT2D eigenvalue weighted by Crippen LogP contribution is -2.27. The second-order valence-corrected chi connectivity index (χ2v) is 6.28. The minimum Gasteiger partial charge on any atom is -0.346 e. The summed E-state index contributed by atoms with van der Waals surface area (Å²) >= 11 is 0. The van der Waals surface area contributed by atoms with Crippen molar-refractivity contribution >= 4 is 8.03 Å². The number of rotatable bonds is 5. The first kappa shape index (κ1) is 12.3. The highest BCUT2D eigenvalue weighted by Gasteiger charge is 2.40. The molecule has 0 aromatic heterocycles. The molecule has 0 spiro atoms. The average molecular weight is 218 g/mol. The van der Waals surface area contributed by atoms with Crippen molar-refractivity contribution < 1.29 is 9.46 Å². The van der Waals surface area contributed by atoms with E-state index in [2.05, 4.69) is 6.92 Å². The van der Waals surface area contributed by atoms with E-state index in [1.165, 1.54) is 38.5 Å². The smallest absolute Gasteiger partial charge is 0.192 e. The van der Waals surface area contributed by atoms with E-state index < -0.39 is 8.03 Å². The van der Waals surface area contributed by atoms with Gasteiger partial charge in [-0.3, -0.25) is 4.57 Å². The Morgan fingerprint density at radius 2 is 2.00 bits per heavy atom. The quantitative estimate of drug-likeness (QED) is 0.716. The van der Waals surface area contributed by atoms with E-state index in [0.717, 1.165) is 6.42 Å². The lowest BCUT2D eigenvalue weighted by molar-refractivity contribution is 0.248. The molecule has 84 valence electrons. The fourth-order valence-corrected chi connectivity index (χ4v) is 3.73. The molecule has 3 heteroatoms. The summed E-state index contributed by atoms with van der Waals surface area (Å²) in [5, 5.41) is 0. The predicted octanol–water partition coefficient (Wildman–Crippen LogP) is 3.59. The fourth-order valence-electron chi connectivity index (χ4n) is 2.77. The van der Waals surface area contributed by atoms with E-state index in [0.29, 0.717) is 0 Å². The molecule has 0 saturated heterocycles. The molecule has 2 nitrogen and oxygen atoms in total. The first-order chi connectivity index (χ1) is 6.62. The highest BCUT2D eigenvalue weighted by molar-refractivity contribution is 7.38. The zero-order valence-corrected chi connectivity index (χ0v) is 10.4. The lowest BCUT2D eigenvalue weighted by atomic mass is 9.78. The zero-order chi connectivity index (χ0) is 10.6. The van der Waals surface area contributed by atoms with Crippen molar-refractivity contribution in [2.45, 2.75) is 64.5 Å². The first-order valence-electron chi connectivity index (χ1n) is 5.85. The molecular formula is C11H23O2P. The minimum atomic E-state index is -2.33. The Hall–Kier alpha value is 0.190. The maximum Gasteiger partial charge on any atom is 0.192 e. The van der Waals surface area contributed by atoms with Gasteiger partial charge in [0, 0.05) is 5.66 Å². The van der Waals surface area contributed by atoms with Gasteiger partial charge in [0.2, 0.25) is 0 Å². The van der Waals surface area contributed by atoms with Crippen LogP contribution in [-0.4, -0.2) is 10.6 Å². The van der Waals surface area contributed by atoms with Gasteiger partial charge < -0.3 is 4.89 Å². The van der Waals surface area contributed by atoms with Crippen LogP contribution in [0.2, 0.25) is 0 Å². The highest BCUT2D eigenvalue weighted by atomic mass is 31.1.